The van der Waals surface area contributed by atoms with Crippen molar-refractivity contribution >= 4 is 31.5 Å². The fourth-order valence-corrected chi connectivity index (χ4v) is 6.66. The van der Waals surface area contributed by atoms with Gasteiger partial charge in [-0.15, -0.1) is 11.3 Å². The maximum Gasteiger partial charge on any atom is 0.160 e. The molecule has 3 nitrogen and oxygen atoms in total. The Morgan fingerprint density at radius 3 is 1.88 bits per heavy atom. The van der Waals surface area contributed by atoms with E-state index in [4.69, 9.17) is 9.97 Å². The van der Waals surface area contributed by atoms with Gasteiger partial charge in [-0.2, -0.15) is 0 Å². The number of thiophene rings is 1. The summed E-state index contributed by atoms with van der Waals surface area (Å²) in [6.45, 7) is 0. The highest BCUT2D eigenvalue weighted by atomic mass is 32.1. The third-order valence-electron chi connectivity index (χ3n) is 7.77. The zero-order valence-corrected chi connectivity index (χ0v) is 24.0. The van der Waals surface area contributed by atoms with Crippen LogP contribution in [0.1, 0.15) is 0 Å². The molecule has 8 aromatic rings. The van der Waals surface area contributed by atoms with Crippen molar-refractivity contribution in [3.8, 4) is 56.3 Å². The van der Waals surface area contributed by atoms with Crippen LogP contribution in [0.5, 0.6) is 0 Å². The minimum Gasteiger partial charge on any atom is -0.255 e. The van der Waals surface area contributed by atoms with Crippen LogP contribution in [-0.2, 0) is 0 Å². The Kier molecular flexibility index (Phi) is 6.32. The molecule has 0 aliphatic carbocycles. The van der Waals surface area contributed by atoms with Gasteiger partial charge in [0.1, 0.15) is 0 Å². The molecule has 0 saturated heterocycles. The summed E-state index contributed by atoms with van der Waals surface area (Å²) < 4.78 is 2.63. The summed E-state index contributed by atoms with van der Waals surface area (Å²) in [6, 6.07) is 50.8. The number of nitrogens with zero attached hydrogens (tertiary/aromatic N) is 3. The highest BCUT2D eigenvalue weighted by Gasteiger charge is 2.13. The molecule has 0 aliphatic heterocycles. The van der Waals surface area contributed by atoms with Gasteiger partial charge in [0.25, 0.3) is 0 Å². The van der Waals surface area contributed by atoms with Crippen LogP contribution in [0.2, 0.25) is 0 Å². The van der Waals surface area contributed by atoms with Crippen LogP contribution in [-0.4, -0.2) is 15.0 Å². The van der Waals surface area contributed by atoms with Gasteiger partial charge in [0.15, 0.2) is 5.82 Å². The van der Waals surface area contributed by atoms with E-state index < -0.39 is 0 Å². The van der Waals surface area contributed by atoms with E-state index in [9.17, 15) is 0 Å². The van der Waals surface area contributed by atoms with Crippen molar-refractivity contribution in [2.45, 2.75) is 0 Å². The van der Waals surface area contributed by atoms with Gasteiger partial charge in [-0.3, -0.25) is 4.98 Å². The monoisotopic (exact) mass is 567 g/mol. The van der Waals surface area contributed by atoms with E-state index in [1.165, 1.54) is 31.3 Å². The van der Waals surface area contributed by atoms with Gasteiger partial charge < -0.3 is 0 Å². The predicted molar refractivity (Wildman–Crippen MR) is 180 cm³/mol. The first-order valence-corrected chi connectivity index (χ1v) is 15.1. The zero-order chi connectivity index (χ0) is 28.6. The number of hydrogen-bond donors (Lipinski definition) is 0. The number of fused-ring (bicyclic) bond motifs is 3. The highest BCUT2D eigenvalue weighted by molar-refractivity contribution is 7.25. The molecule has 3 heterocycles. The van der Waals surface area contributed by atoms with E-state index in [-0.39, 0.29) is 0 Å². The Labute approximate surface area is 253 Å². The van der Waals surface area contributed by atoms with Crippen LogP contribution in [0.25, 0.3) is 76.5 Å². The summed E-state index contributed by atoms with van der Waals surface area (Å²) in [7, 11) is 0. The molecule has 0 unspecified atom stereocenters. The molecular weight excluding hydrogens is 543 g/mol. The van der Waals surface area contributed by atoms with E-state index in [2.05, 4.69) is 120 Å². The molecule has 3 aromatic heterocycles. The highest BCUT2D eigenvalue weighted by Crippen LogP contribution is 2.37. The number of pyridine rings is 1. The molecule has 0 spiro atoms. The van der Waals surface area contributed by atoms with Gasteiger partial charge >= 0.3 is 0 Å². The van der Waals surface area contributed by atoms with E-state index in [0.29, 0.717) is 5.82 Å². The van der Waals surface area contributed by atoms with Crippen molar-refractivity contribution in [1.29, 1.82) is 0 Å². The largest absolute Gasteiger partial charge is 0.255 e. The van der Waals surface area contributed by atoms with Gasteiger partial charge in [0, 0.05) is 37.5 Å². The summed E-state index contributed by atoms with van der Waals surface area (Å²) in [5, 5.41) is 2.61. The van der Waals surface area contributed by atoms with Gasteiger partial charge in [-0.05, 0) is 64.7 Å². The normalized spacial score (nSPS) is 11.3. The number of aromatic nitrogens is 3. The van der Waals surface area contributed by atoms with Gasteiger partial charge in [0.2, 0.25) is 0 Å². The molecule has 0 amide bonds. The summed E-state index contributed by atoms with van der Waals surface area (Å²) >= 11 is 1.84. The first-order chi connectivity index (χ1) is 21.3. The standard InChI is InChI=1S/C39H25N3S/c1-2-9-26(10-3-1)29-11-8-12-31(23-29)35-25-36(34-14-6-7-22-40-34)42-39(41-35)28-18-16-27(17-19-28)30-20-21-38-33(24-30)32-13-4-5-15-37(32)43-38/h1-25H. The number of benzene rings is 5. The van der Waals surface area contributed by atoms with Crippen molar-refractivity contribution in [3.05, 3.63) is 152 Å². The molecule has 0 radical (unpaired) electrons. The lowest BCUT2D eigenvalue weighted by Gasteiger charge is -2.11. The average Bonchev–Trinajstić information content (AvgIpc) is 3.47. The second-order valence-corrected chi connectivity index (χ2v) is 11.6. The minimum absolute atomic E-state index is 0.675. The predicted octanol–water partition coefficient (Wildman–Crippen LogP) is 10.6. The van der Waals surface area contributed by atoms with Crippen molar-refractivity contribution in [1.82, 2.24) is 15.0 Å². The lowest BCUT2D eigenvalue weighted by molar-refractivity contribution is 1.16. The van der Waals surface area contributed by atoms with Crippen molar-refractivity contribution < 1.29 is 0 Å². The molecule has 0 bridgehead atoms. The molecule has 0 fully saturated rings. The van der Waals surface area contributed by atoms with Crippen LogP contribution >= 0.6 is 11.3 Å². The van der Waals surface area contributed by atoms with Gasteiger partial charge in [-0.1, -0.05) is 103 Å². The first kappa shape index (κ1) is 25.3. The topological polar surface area (TPSA) is 38.7 Å². The van der Waals surface area contributed by atoms with Crippen LogP contribution in [0.3, 0.4) is 0 Å². The Hall–Kier alpha value is -5.45. The van der Waals surface area contributed by atoms with Gasteiger partial charge in [-0.25, -0.2) is 9.97 Å². The third-order valence-corrected chi connectivity index (χ3v) is 8.92. The smallest absolute Gasteiger partial charge is 0.160 e. The Morgan fingerprint density at radius 1 is 0.372 bits per heavy atom. The SMILES string of the molecule is c1ccc(-c2cccc(-c3cc(-c4ccccn4)nc(-c4ccc(-c5ccc6sc7ccccc7c6c5)cc4)n3)c2)cc1. The van der Waals surface area contributed by atoms with Crippen molar-refractivity contribution in [3.63, 3.8) is 0 Å². The maximum atomic E-state index is 5.07. The molecule has 0 aliphatic rings. The van der Waals surface area contributed by atoms with E-state index >= 15 is 0 Å². The quantitative estimate of drug-likeness (QED) is 0.208. The average molecular weight is 568 g/mol. The third kappa shape index (κ3) is 4.88. The molecule has 5 aromatic carbocycles. The van der Waals surface area contributed by atoms with Crippen LogP contribution in [0.4, 0.5) is 0 Å². The summed E-state index contributed by atoms with van der Waals surface area (Å²) in [5.74, 6) is 0.675. The molecule has 8 rings (SSSR count). The molecule has 43 heavy (non-hydrogen) atoms. The van der Waals surface area contributed by atoms with Crippen LogP contribution in [0, 0.1) is 0 Å². The number of hydrogen-bond acceptors (Lipinski definition) is 4. The minimum atomic E-state index is 0.675. The molecule has 4 heteroatoms. The second-order valence-electron chi connectivity index (χ2n) is 10.5. The van der Waals surface area contributed by atoms with Crippen LogP contribution in [0.15, 0.2) is 152 Å². The Bertz CT molecular complexity index is 2220. The molecule has 202 valence electrons. The summed E-state index contributed by atoms with van der Waals surface area (Å²) in [6.07, 6.45) is 1.80. The van der Waals surface area contributed by atoms with Gasteiger partial charge in [0.05, 0.1) is 17.1 Å². The number of rotatable bonds is 5. The van der Waals surface area contributed by atoms with E-state index in [0.717, 1.165) is 39.3 Å². The van der Waals surface area contributed by atoms with Crippen molar-refractivity contribution in [2.24, 2.45) is 0 Å². The summed E-state index contributed by atoms with van der Waals surface area (Å²) in [4.78, 5) is 14.6. The van der Waals surface area contributed by atoms with E-state index in [1.807, 2.05) is 41.7 Å². The van der Waals surface area contributed by atoms with Crippen molar-refractivity contribution in [2.75, 3.05) is 0 Å². The molecule has 0 N–H and O–H groups in total. The second kappa shape index (κ2) is 10.8. The van der Waals surface area contributed by atoms with E-state index in [1.54, 1.807) is 6.20 Å². The lowest BCUT2D eigenvalue weighted by atomic mass is 10.0. The Morgan fingerprint density at radius 2 is 1.02 bits per heavy atom. The molecular formula is C39H25N3S. The molecule has 0 atom stereocenters. The first-order valence-electron chi connectivity index (χ1n) is 14.3. The summed E-state index contributed by atoms with van der Waals surface area (Å²) in [5.41, 5.74) is 9.16. The maximum absolute atomic E-state index is 5.07. The lowest BCUT2D eigenvalue weighted by Crippen LogP contribution is -1.97. The van der Waals surface area contributed by atoms with Crippen LogP contribution < -0.4 is 0 Å². The zero-order valence-electron chi connectivity index (χ0n) is 23.2. The molecule has 0 saturated carbocycles. The Balaban J connectivity index is 1.20. The fraction of sp³-hybridized carbons (Fsp3) is 0. The fourth-order valence-electron chi connectivity index (χ4n) is 5.58.